The molecule has 0 bridgehead atoms. The third-order valence-electron chi connectivity index (χ3n) is 7.54. The predicted molar refractivity (Wildman–Crippen MR) is 146 cm³/mol. The molecule has 1 saturated heterocycles. The zero-order valence-electron chi connectivity index (χ0n) is 22.4. The molecule has 39 heavy (non-hydrogen) atoms. The fraction of sp³-hybridized carbons (Fsp3) is 0.483. The van der Waals surface area contributed by atoms with Crippen LogP contribution >= 0.6 is 0 Å². The van der Waals surface area contributed by atoms with E-state index in [1.165, 1.54) is 6.07 Å². The molecule has 1 fully saturated rings. The molecule has 0 spiro atoms. The molecule has 3 rings (SSSR count). The fourth-order valence-electron chi connectivity index (χ4n) is 5.46. The maximum absolute atomic E-state index is 15.5. The largest absolute Gasteiger partial charge is 0.465 e. The number of benzene rings is 2. The van der Waals surface area contributed by atoms with Crippen molar-refractivity contribution in [2.24, 2.45) is 17.4 Å². The maximum Gasteiger partial charge on any atom is 0.404 e. The highest BCUT2D eigenvalue weighted by Crippen LogP contribution is 2.44. The van der Waals surface area contributed by atoms with Crippen LogP contribution in [0.5, 0.6) is 0 Å². The number of primary amides is 1. The van der Waals surface area contributed by atoms with Crippen molar-refractivity contribution in [3.8, 4) is 11.1 Å². The molecule has 7 N–H and O–H groups in total. The Kier molecular flexibility index (Phi) is 10.4. The monoisotopic (exact) mass is 542 g/mol. The summed E-state index contributed by atoms with van der Waals surface area (Å²) in [5.74, 6) is -1.80. The highest BCUT2D eigenvalue weighted by atomic mass is 19.1. The van der Waals surface area contributed by atoms with E-state index in [-0.39, 0.29) is 38.3 Å². The molecule has 3 amide bonds. The molecule has 9 nitrogen and oxygen atoms in total. The van der Waals surface area contributed by atoms with Gasteiger partial charge in [0, 0.05) is 37.5 Å². The SMILES string of the molecule is CCc1cccc(-c2c(F)cccc2C(O)(CCCNC(=O)O)C2CCCN(C(=O)[C@@H](N)CCC(N)=O)C2)c1. The standard InChI is InChI=1S/C29H39FN4O5/c1-2-19-7-3-8-20(17-19)26-22(10-4-11-23(26)30)29(39,14-6-15-33-28(37)38)21-9-5-16-34(18-21)27(36)24(31)12-13-25(32)35/h3-4,7-8,10-11,17,21,24,33,39H,2,5-6,9,12-16,18,31H2,1H3,(H2,32,35)(H,37,38)/t21?,24-,29?/m0/s1. The van der Waals surface area contributed by atoms with Gasteiger partial charge in [-0.1, -0.05) is 43.3 Å². The van der Waals surface area contributed by atoms with Crippen LogP contribution in [0, 0.1) is 11.7 Å². The number of nitrogens with one attached hydrogen (secondary N) is 1. The molecular weight excluding hydrogens is 503 g/mol. The summed E-state index contributed by atoms with van der Waals surface area (Å²) in [5, 5.41) is 23.7. The minimum Gasteiger partial charge on any atom is -0.465 e. The number of piperidine rings is 1. The molecule has 2 aromatic carbocycles. The number of hydrogen-bond donors (Lipinski definition) is 5. The van der Waals surface area contributed by atoms with Gasteiger partial charge in [-0.05, 0) is 61.3 Å². The number of nitrogens with two attached hydrogens (primary N) is 2. The number of halogens is 1. The number of carbonyl (C=O) groups is 3. The summed E-state index contributed by atoms with van der Waals surface area (Å²) in [6.45, 7) is 2.76. The summed E-state index contributed by atoms with van der Waals surface area (Å²) >= 11 is 0. The maximum atomic E-state index is 15.5. The van der Waals surface area contributed by atoms with Crippen molar-refractivity contribution in [2.75, 3.05) is 19.6 Å². The molecule has 2 aromatic rings. The first-order valence-electron chi connectivity index (χ1n) is 13.5. The second-order valence-electron chi connectivity index (χ2n) is 10.2. The average molecular weight is 543 g/mol. The normalized spacial score (nSPS) is 17.7. The topological polar surface area (TPSA) is 159 Å². The molecule has 0 saturated carbocycles. The third kappa shape index (κ3) is 7.54. The first-order valence-corrected chi connectivity index (χ1v) is 13.5. The fourth-order valence-corrected chi connectivity index (χ4v) is 5.46. The van der Waals surface area contributed by atoms with E-state index in [0.29, 0.717) is 42.5 Å². The molecule has 0 aromatic heterocycles. The van der Waals surface area contributed by atoms with Gasteiger partial charge >= 0.3 is 6.09 Å². The van der Waals surface area contributed by atoms with E-state index in [1.807, 2.05) is 31.2 Å². The summed E-state index contributed by atoms with van der Waals surface area (Å²) < 4.78 is 15.5. The number of nitrogens with zero attached hydrogens (tertiary/aromatic N) is 1. The van der Waals surface area contributed by atoms with Crippen LogP contribution in [0.4, 0.5) is 9.18 Å². The lowest BCUT2D eigenvalue weighted by molar-refractivity contribution is -0.138. The van der Waals surface area contributed by atoms with Crippen LogP contribution < -0.4 is 16.8 Å². The second kappa shape index (κ2) is 13.5. The Morgan fingerprint density at radius 2 is 1.97 bits per heavy atom. The molecule has 1 heterocycles. The minimum atomic E-state index is -1.56. The molecule has 212 valence electrons. The van der Waals surface area contributed by atoms with Gasteiger partial charge in [-0.2, -0.15) is 0 Å². The van der Waals surface area contributed by atoms with Crippen molar-refractivity contribution >= 4 is 17.9 Å². The van der Waals surface area contributed by atoms with Crippen LogP contribution in [-0.4, -0.2) is 58.7 Å². The van der Waals surface area contributed by atoms with Gasteiger partial charge in [0.05, 0.1) is 11.6 Å². The number of likely N-dealkylation sites (tertiary alicyclic amines) is 1. The number of carboxylic acid groups (broad SMARTS) is 1. The number of amides is 3. The van der Waals surface area contributed by atoms with Crippen LogP contribution in [0.15, 0.2) is 42.5 Å². The summed E-state index contributed by atoms with van der Waals surface area (Å²) in [4.78, 5) is 36.9. The molecule has 1 aliphatic rings. The van der Waals surface area contributed by atoms with Crippen molar-refractivity contribution in [3.63, 3.8) is 0 Å². The summed E-state index contributed by atoms with van der Waals surface area (Å²) in [6, 6.07) is 11.3. The highest BCUT2D eigenvalue weighted by molar-refractivity contribution is 5.83. The Morgan fingerprint density at radius 3 is 2.67 bits per heavy atom. The Labute approximate surface area is 228 Å². The molecule has 3 atom stereocenters. The van der Waals surface area contributed by atoms with Crippen LogP contribution in [0.25, 0.3) is 11.1 Å². The van der Waals surface area contributed by atoms with E-state index in [9.17, 15) is 19.5 Å². The Balaban J connectivity index is 1.99. The van der Waals surface area contributed by atoms with Crippen LogP contribution in [0.1, 0.15) is 56.6 Å². The lowest BCUT2D eigenvalue weighted by Gasteiger charge is -2.44. The van der Waals surface area contributed by atoms with Gasteiger partial charge in [0.15, 0.2) is 0 Å². The number of aliphatic hydroxyl groups is 1. The van der Waals surface area contributed by atoms with Crippen molar-refractivity contribution in [1.29, 1.82) is 0 Å². The average Bonchev–Trinajstić information content (AvgIpc) is 2.93. The van der Waals surface area contributed by atoms with Crippen molar-refractivity contribution < 1.29 is 29.0 Å². The van der Waals surface area contributed by atoms with E-state index >= 15 is 4.39 Å². The van der Waals surface area contributed by atoms with Crippen molar-refractivity contribution in [2.45, 2.75) is 63.5 Å². The summed E-state index contributed by atoms with van der Waals surface area (Å²) in [5.41, 5.74) is 12.1. The van der Waals surface area contributed by atoms with Crippen LogP contribution in [0.3, 0.4) is 0 Å². The van der Waals surface area contributed by atoms with Gasteiger partial charge in [0.2, 0.25) is 11.8 Å². The van der Waals surface area contributed by atoms with E-state index in [2.05, 4.69) is 5.32 Å². The zero-order chi connectivity index (χ0) is 28.6. The summed E-state index contributed by atoms with van der Waals surface area (Å²) in [6.07, 6.45) is 1.35. The van der Waals surface area contributed by atoms with Gasteiger partial charge in [-0.3, -0.25) is 9.59 Å². The zero-order valence-corrected chi connectivity index (χ0v) is 22.4. The van der Waals surface area contributed by atoms with Crippen molar-refractivity contribution in [3.05, 3.63) is 59.4 Å². The molecule has 0 aliphatic carbocycles. The van der Waals surface area contributed by atoms with Gasteiger partial charge in [0.1, 0.15) is 5.82 Å². The van der Waals surface area contributed by atoms with E-state index < -0.39 is 35.4 Å². The van der Waals surface area contributed by atoms with E-state index in [1.54, 1.807) is 17.0 Å². The highest BCUT2D eigenvalue weighted by Gasteiger charge is 2.43. The minimum absolute atomic E-state index is 0.00579. The van der Waals surface area contributed by atoms with Crippen molar-refractivity contribution in [1.82, 2.24) is 10.2 Å². The van der Waals surface area contributed by atoms with E-state index in [4.69, 9.17) is 16.6 Å². The molecule has 2 unspecified atom stereocenters. The van der Waals surface area contributed by atoms with Crippen LogP contribution in [-0.2, 0) is 21.6 Å². The van der Waals surface area contributed by atoms with Crippen LogP contribution in [0.2, 0.25) is 0 Å². The Bertz CT molecular complexity index is 1180. The molecule has 1 aliphatic heterocycles. The van der Waals surface area contributed by atoms with Gasteiger partial charge in [0.25, 0.3) is 0 Å². The van der Waals surface area contributed by atoms with Gasteiger partial charge in [-0.25, -0.2) is 9.18 Å². The molecule has 0 radical (unpaired) electrons. The third-order valence-corrected chi connectivity index (χ3v) is 7.54. The predicted octanol–water partition coefficient (Wildman–Crippen LogP) is 3.12. The first kappa shape index (κ1) is 30.0. The number of rotatable bonds is 12. The Hall–Kier alpha value is -3.50. The quantitative estimate of drug-likeness (QED) is 0.259. The number of hydrogen-bond acceptors (Lipinski definition) is 5. The number of aryl methyl sites for hydroxylation is 1. The lowest BCUT2D eigenvalue weighted by Crippen LogP contribution is -2.52. The molecule has 10 heteroatoms. The molecular formula is C29H39FN4O5. The van der Waals surface area contributed by atoms with Gasteiger partial charge < -0.3 is 31.9 Å². The Morgan fingerprint density at radius 1 is 1.23 bits per heavy atom. The second-order valence-corrected chi connectivity index (χ2v) is 10.2. The smallest absolute Gasteiger partial charge is 0.404 e. The van der Waals surface area contributed by atoms with Gasteiger partial charge in [-0.15, -0.1) is 0 Å². The first-order chi connectivity index (χ1) is 18.6. The van der Waals surface area contributed by atoms with E-state index in [0.717, 1.165) is 12.0 Å². The number of carbonyl (C=O) groups excluding carboxylic acids is 2. The summed E-state index contributed by atoms with van der Waals surface area (Å²) in [7, 11) is 0. The lowest BCUT2D eigenvalue weighted by atomic mass is 9.72.